The van der Waals surface area contributed by atoms with Crippen molar-refractivity contribution in [3.05, 3.63) is 28.8 Å². The van der Waals surface area contributed by atoms with Crippen LogP contribution in [0.15, 0.2) is 18.2 Å². The van der Waals surface area contributed by atoms with Gasteiger partial charge in [-0.25, -0.2) is 9.37 Å². The zero-order valence-electron chi connectivity index (χ0n) is 6.54. The number of benzene rings is 1. The van der Waals surface area contributed by atoms with Crippen molar-refractivity contribution in [2.75, 3.05) is 5.73 Å². The highest BCUT2D eigenvalue weighted by atomic mass is 32.1. The maximum absolute atomic E-state index is 13.2. The molecule has 2 rings (SSSR count). The average Bonchev–Trinajstić information content (AvgIpc) is 2.07. The van der Waals surface area contributed by atoms with Crippen LogP contribution in [0, 0.1) is 10.6 Å². The Bertz CT molecular complexity index is 520. The third-order valence-electron chi connectivity index (χ3n) is 1.74. The average molecular weight is 195 g/mol. The molecular weight excluding hydrogens is 189 g/mol. The first-order valence-electron chi connectivity index (χ1n) is 3.62. The van der Waals surface area contributed by atoms with Gasteiger partial charge in [-0.2, -0.15) is 0 Å². The van der Waals surface area contributed by atoms with Gasteiger partial charge in [-0.3, -0.25) is 0 Å². The van der Waals surface area contributed by atoms with Crippen LogP contribution >= 0.6 is 12.2 Å². The summed E-state index contributed by atoms with van der Waals surface area (Å²) in [7, 11) is 0. The lowest BCUT2D eigenvalue weighted by Crippen LogP contribution is -1.96. The minimum absolute atomic E-state index is 0.190. The van der Waals surface area contributed by atoms with E-state index in [0.29, 0.717) is 10.9 Å². The van der Waals surface area contributed by atoms with Crippen molar-refractivity contribution in [1.29, 1.82) is 0 Å². The second-order valence-electron chi connectivity index (χ2n) is 2.59. The highest BCUT2D eigenvalue weighted by Gasteiger charge is 2.03. The summed E-state index contributed by atoms with van der Waals surface area (Å²) < 4.78 is 13.4. The molecule has 1 aromatic heterocycles. The number of hydrogen-bond acceptors (Lipinski definition) is 3. The lowest BCUT2D eigenvalue weighted by Gasteiger charge is -2.01. The normalized spacial score (nSPS) is 10.5. The van der Waals surface area contributed by atoms with Crippen LogP contribution in [-0.2, 0) is 0 Å². The van der Waals surface area contributed by atoms with Gasteiger partial charge < -0.3 is 10.7 Å². The van der Waals surface area contributed by atoms with Gasteiger partial charge in [0.15, 0.2) is 4.77 Å². The fourth-order valence-corrected chi connectivity index (χ4v) is 1.37. The summed E-state index contributed by atoms with van der Waals surface area (Å²) >= 11 is 4.77. The molecule has 0 spiro atoms. The molecule has 0 saturated carbocycles. The number of aromatic amines is 1. The first kappa shape index (κ1) is 8.12. The summed E-state index contributed by atoms with van der Waals surface area (Å²) in [6.07, 6.45) is 0. The number of halogens is 1. The Kier molecular flexibility index (Phi) is 1.73. The summed E-state index contributed by atoms with van der Waals surface area (Å²) in [5.41, 5.74) is 5.87. The van der Waals surface area contributed by atoms with Crippen molar-refractivity contribution >= 4 is 28.9 Å². The molecule has 2 aromatic rings. The molecular formula is C8H6FN3S. The largest absolute Gasteiger partial charge is 0.383 e. The number of nitrogen functional groups attached to an aromatic ring is 1. The Labute approximate surface area is 78.4 Å². The Morgan fingerprint density at radius 2 is 2.23 bits per heavy atom. The van der Waals surface area contributed by atoms with Crippen molar-refractivity contribution in [3.8, 4) is 0 Å². The fraction of sp³-hybridized carbons (Fsp3) is 0. The van der Waals surface area contributed by atoms with Gasteiger partial charge in [0.05, 0.1) is 5.52 Å². The van der Waals surface area contributed by atoms with E-state index >= 15 is 0 Å². The predicted octanol–water partition coefficient (Wildman–Crippen LogP) is 2.01. The van der Waals surface area contributed by atoms with Crippen molar-refractivity contribution in [2.24, 2.45) is 0 Å². The molecule has 3 nitrogen and oxygen atoms in total. The van der Waals surface area contributed by atoms with Gasteiger partial charge in [-0.1, -0.05) is 6.07 Å². The topological polar surface area (TPSA) is 54.7 Å². The lowest BCUT2D eigenvalue weighted by atomic mass is 10.2. The third-order valence-corrected chi connectivity index (χ3v) is 1.94. The fourth-order valence-electron chi connectivity index (χ4n) is 1.17. The van der Waals surface area contributed by atoms with Crippen molar-refractivity contribution < 1.29 is 4.39 Å². The number of rotatable bonds is 0. The summed E-state index contributed by atoms with van der Waals surface area (Å²) in [6, 6.07) is 4.60. The maximum atomic E-state index is 13.2. The van der Waals surface area contributed by atoms with Crippen LogP contribution in [0.2, 0.25) is 0 Å². The quantitative estimate of drug-likeness (QED) is 0.632. The molecule has 0 atom stereocenters. The van der Waals surface area contributed by atoms with E-state index in [2.05, 4.69) is 9.97 Å². The molecule has 0 aliphatic rings. The van der Waals surface area contributed by atoms with E-state index in [1.165, 1.54) is 6.07 Å². The molecule has 0 radical (unpaired) electrons. The summed E-state index contributed by atoms with van der Waals surface area (Å²) in [6.45, 7) is 0. The molecule has 0 aliphatic heterocycles. The Morgan fingerprint density at radius 1 is 1.46 bits per heavy atom. The van der Waals surface area contributed by atoms with Gasteiger partial charge in [0.25, 0.3) is 0 Å². The number of nitrogens with two attached hydrogens (primary N) is 1. The Hall–Kier alpha value is -1.49. The van der Waals surface area contributed by atoms with Gasteiger partial charge in [0.1, 0.15) is 11.6 Å². The number of para-hydroxylation sites is 1. The summed E-state index contributed by atoms with van der Waals surface area (Å²) in [4.78, 5) is 6.46. The SMILES string of the molecule is Nc1nc(=S)[nH]c2c(F)cccc12. The highest BCUT2D eigenvalue weighted by molar-refractivity contribution is 7.71. The van der Waals surface area contributed by atoms with Gasteiger partial charge in [0, 0.05) is 5.39 Å². The minimum Gasteiger partial charge on any atom is -0.383 e. The molecule has 0 saturated heterocycles. The first-order chi connectivity index (χ1) is 6.18. The smallest absolute Gasteiger partial charge is 0.199 e. The first-order valence-corrected chi connectivity index (χ1v) is 4.03. The number of fused-ring (bicyclic) bond motifs is 1. The molecule has 13 heavy (non-hydrogen) atoms. The number of nitrogens with one attached hydrogen (secondary N) is 1. The third kappa shape index (κ3) is 1.27. The molecule has 0 bridgehead atoms. The highest BCUT2D eigenvalue weighted by Crippen LogP contribution is 2.18. The molecule has 66 valence electrons. The van der Waals surface area contributed by atoms with E-state index in [1.807, 2.05) is 0 Å². The van der Waals surface area contributed by atoms with E-state index in [1.54, 1.807) is 12.1 Å². The summed E-state index contributed by atoms with van der Waals surface area (Å²) in [5.74, 6) is -0.129. The van der Waals surface area contributed by atoms with Crippen LogP contribution in [0.4, 0.5) is 10.2 Å². The van der Waals surface area contributed by atoms with Gasteiger partial charge >= 0.3 is 0 Å². The standard InChI is InChI=1S/C8H6FN3S/c9-5-3-1-2-4-6(5)11-8(13)12-7(4)10/h1-3H,(H3,10,11,12,13). The lowest BCUT2D eigenvalue weighted by molar-refractivity contribution is 0.636. The van der Waals surface area contributed by atoms with E-state index < -0.39 is 0 Å². The molecule has 0 aliphatic carbocycles. The van der Waals surface area contributed by atoms with Crippen molar-refractivity contribution in [3.63, 3.8) is 0 Å². The van der Waals surface area contributed by atoms with Crippen LogP contribution < -0.4 is 5.73 Å². The van der Waals surface area contributed by atoms with E-state index in [9.17, 15) is 4.39 Å². The van der Waals surface area contributed by atoms with Crippen LogP contribution in [0.3, 0.4) is 0 Å². The molecule has 0 fully saturated rings. The zero-order chi connectivity index (χ0) is 9.42. The Balaban J connectivity index is 3.03. The summed E-state index contributed by atoms with van der Waals surface area (Å²) in [5, 5.41) is 0.550. The van der Waals surface area contributed by atoms with Gasteiger partial charge in [-0.15, -0.1) is 0 Å². The monoisotopic (exact) mass is 195 g/mol. The number of aromatic nitrogens is 2. The number of nitrogens with zero attached hydrogens (tertiary/aromatic N) is 1. The number of hydrogen-bond donors (Lipinski definition) is 2. The van der Waals surface area contributed by atoms with E-state index in [0.717, 1.165) is 0 Å². The van der Waals surface area contributed by atoms with Crippen LogP contribution in [0.25, 0.3) is 10.9 Å². The number of H-pyrrole nitrogens is 1. The Morgan fingerprint density at radius 3 is 3.00 bits per heavy atom. The maximum Gasteiger partial charge on any atom is 0.199 e. The number of anilines is 1. The van der Waals surface area contributed by atoms with Crippen molar-refractivity contribution in [2.45, 2.75) is 0 Å². The molecule has 1 heterocycles. The van der Waals surface area contributed by atoms with Crippen molar-refractivity contribution in [1.82, 2.24) is 9.97 Å². The molecule has 3 N–H and O–H groups in total. The molecule has 0 amide bonds. The minimum atomic E-state index is -0.377. The predicted molar refractivity (Wildman–Crippen MR) is 51.3 cm³/mol. The second-order valence-corrected chi connectivity index (χ2v) is 2.98. The van der Waals surface area contributed by atoms with Gasteiger partial charge in [-0.05, 0) is 24.4 Å². The van der Waals surface area contributed by atoms with E-state index in [-0.39, 0.29) is 16.4 Å². The van der Waals surface area contributed by atoms with E-state index in [4.69, 9.17) is 18.0 Å². The van der Waals surface area contributed by atoms with Crippen LogP contribution in [0.5, 0.6) is 0 Å². The van der Waals surface area contributed by atoms with Crippen LogP contribution in [-0.4, -0.2) is 9.97 Å². The molecule has 1 aromatic carbocycles. The van der Waals surface area contributed by atoms with Gasteiger partial charge in [0.2, 0.25) is 0 Å². The molecule has 5 heteroatoms. The molecule has 0 unspecified atom stereocenters. The van der Waals surface area contributed by atoms with Crippen LogP contribution in [0.1, 0.15) is 0 Å². The second kappa shape index (κ2) is 2.77. The zero-order valence-corrected chi connectivity index (χ0v) is 7.36.